The van der Waals surface area contributed by atoms with Crippen molar-refractivity contribution in [2.75, 3.05) is 5.32 Å². The molecule has 0 aliphatic rings. The van der Waals surface area contributed by atoms with Gasteiger partial charge >= 0.3 is 5.97 Å². The Labute approximate surface area is 187 Å². The summed E-state index contributed by atoms with van der Waals surface area (Å²) in [5, 5.41) is 22.0. The van der Waals surface area contributed by atoms with Crippen molar-refractivity contribution in [3.05, 3.63) is 88.9 Å². The highest BCUT2D eigenvalue weighted by Crippen LogP contribution is 2.35. The monoisotopic (exact) mass is 449 g/mol. The lowest BCUT2D eigenvalue weighted by Crippen LogP contribution is -2.14. The third-order valence-corrected chi connectivity index (χ3v) is 5.65. The van der Waals surface area contributed by atoms with E-state index in [-0.39, 0.29) is 17.9 Å². The number of hydrogen-bond acceptors (Lipinski definition) is 5. The number of rotatable bonds is 6. The van der Waals surface area contributed by atoms with Crippen LogP contribution in [0.1, 0.15) is 15.9 Å². The van der Waals surface area contributed by atoms with Gasteiger partial charge in [0.25, 0.3) is 0 Å². The molecule has 0 radical (unpaired) electrons. The van der Waals surface area contributed by atoms with Crippen molar-refractivity contribution in [2.45, 2.75) is 6.42 Å². The normalized spacial score (nSPS) is 10.6. The van der Waals surface area contributed by atoms with E-state index in [1.54, 1.807) is 42.5 Å². The van der Waals surface area contributed by atoms with E-state index in [0.29, 0.717) is 15.2 Å². The first-order valence-electron chi connectivity index (χ1n) is 9.30. The molecule has 0 spiro atoms. The second-order valence-corrected chi connectivity index (χ2v) is 8.11. The first-order chi connectivity index (χ1) is 15.0. The van der Waals surface area contributed by atoms with Gasteiger partial charge in [-0.05, 0) is 41.0 Å². The number of carboxylic acid groups (broad SMARTS) is 1. The molecule has 0 saturated carbocycles. The lowest BCUT2D eigenvalue weighted by atomic mass is 9.98. The summed E-state index contributed by atoms with van der Waals surface area (Å²) in [6.07, 6.45) is 0.199. The number of hydrogen-bond donors (Lipinski definition) is 2. The quantitative estimate of drug-likeness (QED) is 0.411. The number of amides is 1. The largest absolute Gasteiger partial charge is 0.478 e. The van der Waals surface area contributed by atoms with E-state index >= 15 is 0 Å². The van der Waals surface area contributed by atoms with Gasteiger partial charge in [-0.2, -0.15) is 0 Å². The van der Waals surface area contributed by atoms with Gasteiger partial charge < -0.3 is 10.4 Å². The number of carboxylic acids is 1. The molecule has 0 unspecified atom stereocenters. The Bertz CT molecular complexity index is 1250. The molecule has 4 rings (SSSR count). The zero-order chi connectivity index (χ0) is 21.8. The minimum atomic E-state index is -0.985. The fraction of sp³-hybridized carbons (Fsp3) is 0.0435. The van der Waals surface area contributed by atoms with Gasteiger partial charge in [-0.1, -0.05) is 71.5 Å². The van der Waals surface area contributed by atoms with Crippen LogP contribution in [0.2, 0.25) is 5.02 Å². The van der Waals surface area contributed by atoms with Crippen LogP contribution in [-0.4, -0.2) is 27.2 Å². The summed E-state index contributed by atoms with van der Waals surface area (Å²) in [6.45, 7) is 0. The van der Waals surface area contributed by atoms with Crippen LogP contribution in [0.3, 0.4) is 0 Å². The number of aromatic carboxylic acids is 1. The second-order valence-electron chi connectivity index (χ2n) is 6.70. The van der Waals surface area contributed by atoms with Gasteiger partial charge in [0.15, 0.2) is 0 Å². The van der Waals surface area contributed by atoms with Gasteiger partial charge in [0.1, 0.15) is 5.01 Å². The molecular weight excluding hydrogens is 434 g/mol. The van der Waals surface area contributed by atoms with Gasteiger partial charge in [0.05, 0.1) is 12.0 Å². The maximum atomic E-state index is 12.3. The molecule has 1 heterocycles. The molecule has 1 aromatic heterocycles. The number of nitrogens with zero attached hydrogens (tertiary/aromatic N) is 2. The summed E-state index contributed by atoms with van der Waals surface area (Å²) in [6, 6.07) is 21.3. The van der Waals surface area contributed by atoms with Crippen molar-refractivity contribution in [1.82, 2.24) is 10.2 Å². The Morgan fingerprint density at radius 1 is 0.935 bits per heavy atom. The highest BCUT2D eigenvalue weighted by molar-refractivity contribution is 7.18. The predicted molar refractivity (Wildman–Crippen MR) is 122 cm³/mol. The first kappa shape index (κ1) is 20.7. The molecule has 0 aliphatic carbocycles. The number of carbonyl (C=O) groups is 2. The number of aromatic nitrogens is 2. The molecule has 154 valence electrons. The third kappa shape index (κ3) is 4.96. The molecule has 1 amide bonds. The van der Waals surface area contributed by atoms with Crippen LogP contribution in [-0.2, 0) is 11.2 Å². The lowest BCUT2D eigenvalue weighted by molar-refractivity contribution is -0.115. The zero-order valence-electron chi connectivity index (χ0n) is 16.1. The Kier molecular flexibility index (Phi) is 6.06. The number of nitrogens with one attached hydrogen (secondary N) is 1. The minimum Gasteiger partial charge on any atom is -0.478 e. The number of anilines is 1. The van der Waals surface area contributed by atoms with Gasteiger partial charge in [0.2, 0.25) is 11.0 Å². The summed E-state index contributed by atoms with van der Waals surface area (Å²) >= 11 is 7.13. The fourth-order valence-corrected chi connectivity index (χ4v) is 4.00. The molecule has 0 atom stereocenters. The molecule has 0 fully saturated rings. The zero-order valence-corrected chi connectivity index (χ0v) is 17.7. The van der Waals surface area contributed by atoms with E-state index in [0.717, 1.165) is 22.3 Å². The van der Waals surface area contributed by atoms with Crippen LogP contribution in [0.4, 0.5) is 5.13 Å². The topological polar surface area (TPSA) is 92.2 Å². The molecule has 0 bridgehead atoms. The van der Waals surface area contributed by atoms with Gasteiger partial charge in [-0.3, -0.25) is 4.79 Å². The van der Waals surface area contributed by atoms with E-state index < -0.39 is 5.97 Å². The molecular formula is C23H16ClN3O3S. The van der Waals surface area contributed by atoms with Crippen molar-refractivity contribution in [3.8, 4) is 21.7 Å². The standard InChI is InChI=1S/C23H16ClN3O3S/c24-17-10-8-14(9-11-17)12-20(28)25-23-27-26-21(31-23)19-7-2-1-6-18(19)15-4-3-5-16(13-15)22(29)30/h1-11,13H,12H2,(H,29,30)(H,25,27,28). The minimum absolute atomic E-state index is 0.199. The van der Waals surface area contributed by atoms with Crippen LogP contribution >= 0.6 is 22.9 Å². The van der Waals surface area contributed by atoms with E-state index in [1.165, 1.54) is 11.3 Å². The van der Waals surface area contributed by atoms with Crippen molar-refractivity contribution < 1.29 is 14.7 Å². The maximum absolute atomic E-state index is 12.3. The fourth-order valence-electron chi connectivity index (χ4n) is 3.07. The van der Waals surface area contributed by atoms with E-state index in [9.17, 15) is 14.7 Å². The van der Waals surface area contributed by atoms with E-state index in [4.69, 9.17) is 11.6 Å². The van der Waals surface area contributed by atoms with Crippen molar-refractivity contribution >= 4 is 39.9 Å². The molecule has 0 saturated heterocycles. The van der Waals surface area contributed by atoms with Crippen LogP contribution in [0.15, 0.2) is 72.8 Å². The van der Waals surface area contributed by atoms with Crippen molar-refractivity contribution in [3.63, 3.8) is 0 Å². The Morgan fingerprint density at radius 2 is 1.68 bits per heavy atom. The van der Waals surface area contributed by atoms with Gasteiger partial charge in [-0.25, -0.2) is 4.79 Å². The van der Waals surface area contributed by atoms with Crippen LogP contribution in [0, 0.1) is 0 Å². The van der Waals surface area contributed by atoms with E-state index in [2.05, 4.69) is 15.5 Å². The summed E-state index contributed by atoms with van der Waals surface area (Å²) in [7, 11) is 0. The smallest absolute Gasteiger partial charge is 0.335 e. The molecule has 31 heavy (non-hydrogen) atoms. The third-order valence-electron chi connectivity index (χ3n) is 4.53. The second kappa shape index (κ2) is 9.07. The molecule has 2 N–H and O–H groups in total. The number of carbonyl (C=O) groups excluding carboxylic acids is 1. The van der Waals surface area contributed by atoms with Crippen molar-refractivity contribution in [1.29, 1.82) is 0 Å². The van der Waals surface area contributed by atoms with Gasteiger partial charge in [0, 0.05) is 10.6 Å². The average molecular weight is 450 g/mol. The summed E-state index contributed by atoms with van der Waals surface area (Å²) < 4.78 is 0. The SMILES string of the molecule is O=C(Cc1ccc(Cl)cc1)Nc1nnc(-c2ccccc2-c2cccc(C(=O)O)c2)s1. The summed E-state index contributed by atoms with van der Waals surface area (Å²) in [5.41, 5.74) is 3.45. The van der Waals surface area contributed by atoms with Gasteiger partial charge in [-0.15, -0.1) is 10.2 Å². The highest BCUT2D eigenvalue weighted by atomic mass is 35.5. The van der Waals surface area contributed by atoms with Crippen LogP contribution in [0.25, 0.3) is 21.7 Å². The summed E-state index contributed by atoms with van der Waals surface area (Å²) in [5.74, 6) is -1.19. The van der Waals surface area contributed by atoms with Crippen LogP contribution < -0.4 is 5.32 Å². The average Bonchev–Trinajstić information content (AvgIpc) is 3.23. The highest BCUT2D eigenvalue weighted by Gasteiger charge is 2.15. The van der Waals surface area contributed by atoms with Crippen LogP contribution in [0.5, 0.6) is 0 Å². The Balaban J connectivity index is 1.56. The molecule has 6 nitrogen and oxygen atoms in total. The Morgan fingerprint density at radius 3 is 2.42 bits per heavy atom. The Hall–Kier alpha value is -3.55. The summed E-state index contributed by atoms with van der Waals surface area (Å²) in [4.78, 5) is 23.7. The molecule has 4 aromatic rings. The van der Waals surface area contributed by atoms with Crippen molar-refractivity contribution in [2.24, 2.45) is 0 Å². The molecule has 8 heteroatoms. The molecule has 0 aliphatic heterocycles. The van der Waals surface area contributed by atoms with E-state index in [1.807, 2.05) is 30.3 Å². The maximum Gasteiger partial charge on any atom is 0.335 e. The number of halogens is 1. The first-order valence-corrected chi connectivity index (χ1v) is 10.5. The lowest BCUT2D eigenvalue weighted by Gasteiger charge is -2.08. The molecule has 3 aromatic carbocycles. The predicted octanol–water partition coefficient (Wildman–Crippen LogP) is 5.40. The number of benzene rings is 3.